The molecule has 0 radical (unpaired) electrons. The van der Waals surface area contributed by atoms with Gasteiger partial charge in [-0.05, 0) is 26.0 Å². The van der Waals surface area contributed by atoms with Gasteiger partial charge in [0, 0.05) is 11.3 Å². The molecule has 0 bridgehead atoms. The highest BCUT2D eigenvalue weighted by molar-refractivity contribution is 5.95. The molecule has 3 nitrogen and oxygen atoms in total. The summed E-state index contributed by atoms with van der Waals surface area (Å²) in [7, 11) is 0. The Morgan fingerprint density at radius 3 is 2.50 bits per heavy atom. The standard InChI is InChI=1S/C10H13F3N2O/c1-6-3-4-7(8(14)16)9(2,15-6)5-10(11,12)13/h3-4,15H,5H2,1-2H3,(H2,14,16). The van der Waals surface area contributed by atoms with Crippen LogP contribution in [-0.4, -0.2) is 17.6 Å². The van der Waals surface area contributed by atoms with Crippen LogP contribution in [0.5, 0.6) is 0 Å². The third-order valence-corrected chi connectivity index (χ3v) is 2.39. The predicted octanol–water partition coefficient (Wildman–Crippen LogP) is 1.62. The molecule has 0 aromatic rings. The Morgan fingerprint density at radius 2 is 2.06 bits per heavy atom. The summed E-state index contributed by atoms with van der Waals surface area (Å²) in [5.41, 5.74) is 4.09. The van der Waals surface area contributed by atoms with Crippen molar-refractivity contribution in [2.75, 3.05) is 0 Å². The van der Waals surface area contributed by atoms with Crippen LogP contribution in [0, 0.1) is 0 Å². The van der Waals surface area contributed by atoms with Gasteiger partial charge in [-0.3, -0.25) is 4.79 Å². The number of carbonyl (C=O) groups excluding carboxylic acids is 1. The molecule has 16 heavy (non-hydrogen) atoms. The van der Waals surface area contributed by atoms with Gasteiger partial charge >= 0.3 is 6.18 Å². The molecular formula is C10H13F3N2O. The van der Waals surface area contributed by atoms with Gasteiger partial charge in [-0.2, -0.15) is 13.2 Å². The van der Waals surface area contributed by atoms with Crippen molar-refractivity contribution in [3.05, 3.63) is 23.4 Å². The summed E-state index contributed by atoms with van der Waals surface area (Å²) in [4.78, 5) is 11.1. The number of dihydropyridines is 1. The second kappa shape index (κ2) is 3.84. The van der Waals surface area contributed by atoms with E-state index in [4.69, 9.17) is 5.73 Å². The van der Waals surface area contributed by atoms with Crippen LogP contribution in [0.3, 0.4) is 0 Å². The van der Waals surface area contributed by atoms with Gasteiger partial charge in [-0.15, -0.1) is 0 Å². The molecular weight excluding hydrogens is 221 g/mol. The highest BCUT2D eigenvalue weighted by atomic mass is 19.4. The number of nitrogens with two attached hydrogens (primary N) is 1. The highest BCUT2D eigenvalue weighted by Crippen LogP contribution is 2.34. The summed E-state index contributed by atoms with van der Waals surface area (Å²) in [6.45, 7) is 2.94. The summed E-state index contributed by atoms with van der Waals surface area (Å²) in [5.74, 6) is -0.844. The first-order chi connectivity index (χ1) is 7.14. The zero-order valence-corrected chi connectivity index (χ0v) is 8.98. The van der Waals surface area contributed by atoms with Gasteiger partial charge in [0.2, 0.25) is 5.91 Å². The lowest BCUT2D eigenvalue weighted by Crippen LogP contribution is -2.50. The van der Waals surface area contributed by atoms with Crippen molar-refractivity contribution in [3.8, 4) is 0 Å². The van der Waals surface area contributed by atoms with Gasteiger partial charge in [0.15, 0.2) is 0 Å². The van der Waals surface area contributed by atoms with Crippen molar-refractivity contribution in [1.82, 2.24) is 5.32 Å². The molecule has 1 unspecified atom stereocenters. The normalized spacial score (nSPS) is 25.6. The van der Waals surface area contributed by atoms with E-state index in [1.165, 1.54) is 19.1 Å². The van der Waals surface area contributed by atoms with Crippen LogP contribution >= 0.6 is 0 Å². The monoisotopic (exact) mass is 234 g/mol. The first kappa shape index (κ1) is 12.6. The first-order valence-electron chi connectivity index (χ1n) is 4.68. The number of nitrogens with one attached hydrogen (secondary N) is 1. The molecule has 3 N–H and O–H groups in total. The maximum absolute atomic E-state index is 12.4. The van der Waals surface area contributed by atoms with Crippen molar-refractivity contribution >= 4 is 5.91 Å². The first-order valence-corrected chi connectivity index (χ1v) is 4.68. The van der Waals surface area contributed by atoms with Crippen molar-refractivity contribution in [3.63, 3.8) is 0 Å². The lowest BCUT2D eigenvalue weighted by atomic mass is 9.84. The van der Waals surface area contributed by atoms with Gasteiger partial charge in [0.05, 0.1) is 12.0 Å². The van der Waals surface area contributed by atoms with E-state index in [9.17, 15) is 18.0 Å². The predicted molar refractivity (Wildman–Crippen MR) is 53.2 cm³/mol. The third kappa shape index (κ3) is 2.77. The van der Waals surface area contributed by atoms with E-state index in [-0.39, 0.29) is 5.57 Å². The third-order valence-electron chi connectivity index (χ3n) is 2.39. The number of halogens is 3. The number of primary amides is 1. The lowest BCUT2D eigenvalue weighted by molar-refractivity contribution is -0.146. The zero-order valence-electron chi connectivity index (χ0n) is 8.98. The molecule has 0 spiro atoms. The number of hydrogen-bond donors (Lipinski definition) is 2. The number of alkyl halides is 3. The topological polar surface area (TPSA) is 55.1 Å². The van der Waals surface area contributed by atoms with Crippen molar-refractivity contribution < 1.29 is 18.0 Å². The van der Waals surface area contributed by atoms with Crippen LogP contribution in [0.15, 0.2) is 23.4 Å². The van der Waals surface area contributed by atoms with E-state index in [1.54, 1.807) is 6.92 Å². The fourth-order valence-corrected chi connectivity index (χ4v) is 1.83. The van der Waals surface area contributed by atoms with Crippen molar-refractivity contribution in [1.29, 1.82) is 0 Å². The summed E-state index contributed by atoms with van der Waals surface area (Å²) in [5, 5.41) is 2.65. The van der Waals surface area contributed by atoms with Crippen LogP contribution in [-0.2, 0) is 4.79 Å². The largest absolute Gasteiger partial charge is 0.391 e. The molecule has 0 aromatic heterocycles. The van der Waals surface area contributed by atoms with Crippen LogP contribution in [0.25, 0.3) is 0 Å². The Bertz CT molecular complexity index is 371. The molecule has 0 aliphatic carbocycles. The van der Waals surface area contributed by atoms with Crippen LogP contribution < -0.4 is 11.1 Å². The quantitative estimate of drug-likeness (QED) is 0.762. The summed E-state index contributed by atoms with van der Waals surface area (Å²) in [6.07, 6.45) is -2.65. The minimum Gasteiger partial charge on any atom is -0.379 e. The average Bonchev–Trinajstić information content (AvgIpc) is 1.97. The Balaban J connectivity index is 3.06. The molecule has 1 atom stereocenters. The summed E-state index contributed by atoms with van der Waals surface area (Å²) >= 11 is 0. The maximum Gasteiger partial charge on any atom is 0.391 e. The van der Waals surface area contributed by atoms with Gasteiger partial charge in [0.25, 0.3) is 0 Å². The smallest absolute Gasteiger partial charge is 0.379 e. The van der Waals surface area contributed by atoms with Gasteiger partial charge < -0.3 is 11.1 Å². The fraction of sp³-hybridized carbons (Fsp3) is 0.500. The second-order valence-corrected chi connectivity index (χ2v) is 4.04. The molecule has 0 saturated heterocycles. The van der Waals surface area contributed by atoms with E-state index in [2.05, 4.69) is 5.32 Å². The van der Waals surface area contributed by atoms with E-state index < -0.39 is 24.0 Å². The minimum atomic E-state index is -4.37. The second-order valence-electron chi connectivity index (χ2n) is 4.04. The van der Waals surface area contributed by atoms with Crippen molar-refractivity contribution in [2.45, 2.75) is 32.0 Å². The Kier molecular flexibility index (Phi) is 3.03. The van der Waals surface area contributed by atoms with Crippen LogP contribution in [0.4, 0.5) is 13.2 Å². The molecule has 1 rings (SSSR count). The minimum absolute atomic E-state index is 0.0598. The molecule has 0 aromatic carbocycles. The van der Waals surface area contributed by atoms with Gasteiger partial charge in [-0.25, -0.2) is 0 Å². The molecule has 0 fully saturated rings. The van der Waals surface area contributed by atoms with Gasteiger partial charge in [0.1, 0.15) is 0 Å². The summed E-state index contributed by atoms with van der Waals surface area (Å²) < 4.78 is 37.2. The van der Waals surface area contributed by atoms with Crippen LogP contribution in [0.1, 0.15) is 20.3 Å². The number of carbonyl (C=O) groups is 1. The number of amides is 1. The Hall–Kier alpha value is -1.46. The molecule has 0 saturated carbocycles. The molecule has 1 aliphatic rings. The number of allylic oxidation sites excluding steroid dienone is 3. The molecule has 1 heterocycles. The lowest BCUT2D eigenvalue weighted by Gasteiger charge is -2.36. The van der Waals surface area contributed by atoms with E-state index in [1.807, 2.05) is 0 Å². The summed E-state index contributed by atoms with van der Waals surface area (Å²) in [6, 6.07) is 0. The van der Waals surface area contributed by atoms with E-state index >= 15 is 0 Å². The Morgan fingerprint density at radius 1 is 1.50 bits per heavy atom. The molecule has 1 aliphatic heterocycles. The molecule has 90 valence electrons. The number of hydrogen-bond acceptors (Lipinski definition) is 2. The van der Waals surface area contributed by atoms with Crippen LogP contribution in [0.2, 0.25) is 0 Å². The maximum atomic E-state index is 12.4. The average molecular weight is 234 g/mol. The Labute approximate surface area is 91.2 Å². The fourth-order valence-electron chi connectivity index (χ4n) is 1.83. The molecule has 6 heteroatoms. The van der Waals surface area contributed by atoms with E-state index in [0.29, 0.717) is 5.70 Å². The van der Waals surface area contributed by atoms with Gasteiger partial charge in [-0.1, -0.05) is 0 Å². The SMILES string of the molecule is CC1=CC=C(C(N)=O)C(C)(CC(F)(F)F)N1. The number of rotatable bonds is 2. The molecule has 1 amide bonds. The highest BCUT2D eigenvalue weighted by Gasteiger charge is 2.44. The zero-order chi connectivity index (χ0) is 12.6. The van der Waals surface area contributed by atoms with E-state index in [0.717, 1.165) is 0 Å². The van der Waals surface area contributed by atoms with Crippen molar-refractivity contribution in [2.24, 2.45) is 5.73 Å².